The van der Waals surface area contributed by atoms with Gasteiger partial charge in [-0.2, -0.15) is 0 Å². The van der Waals surface area contributed by atoms with Crippen LogP contribution in [0.2, 0.25) is 0 Å². The fourth-order valence-electron chi connectivity index (χ4n) is 7.72. The van der Waals surface area contributed by atoms with E-state index < -0.39 is 33.8 Å². The average molecular weight is 565 g/mol. The Morgan fingerprint density at radius 1 is 1.28 bits per heavy atom. The number of esters is 1. The Labute approximate surface area is 239 Å². The Morgan fingerprint density at radius 2 is 1.92 bits per heavy atom. The fourth-order valence-corrected chi connectivity index (χ4v) is 8.47. The summed E-state index contributed by atoms with van der Waals surface area (Å²) >= 11 is 1.43. The maximum atomic E-state index is 13.5. The highest BCUT2D eigenvalue weighted by atomic mass is 32.2. The average Bonchev–Trinajstić information content (AvgIpc) is 3.24. The lowest BCUT2D eigenvalue weighted by Gasteiger charge is -2.61. The standard InChI is InChI=1S/C31H52N2O5S/c1-10-29(8)15-22(38-23(35)16-39-28(6,7)17-33-27(37)24(32)18(2)3)30(9)19(4)11-13-31(20(5)26(29)36)14-12-21(34)25(30)31/h10,18-20,22,24-26,36H,1,11-17,32H2,2-9H3,(H,33,37)/t19-,20+,22-,24-,25+,26-,29-,30-,31-/m1/s1. The number of hydrogen-bond acceptors (Lipinski definition) is 7. The molecule has 2 bridgehead atoms. The van der Waals surface area contributed by atoms with Crippen LogP contribution in [0.3, 0.4) is 0 Å². The number of nitrogens with two attached hydrogens (primary N) is 1. The lowest BCUT2D eigenvalue weighted by atomic mass is 9.44. The molecule has 8 heteroatoms. The first-order valence-corrected chi connectivity index (χ1v) is 15.6. The zero-order chi connectivity index (χ0) is 29.6. The Bertz CT molecular complexity index is 969. The number of ether oxygens (including phenoxy) is 1. The predicted octanol–water partition coefficient (Wildman–Crippen LogP) is 4.50. The summed E-state index contributed by atoms with van der Waals surface area (Å²) in [5, 5.41) is 14.6. The van der Waals surface area contributed by atoms with Crippen molar-refractivity contribution in [1.29, 1.82) is 0 Å². The van der Waals surface area contributed by atoms with Gasteiger partial charge in [0.1, 0.15) is 11.9 Å². The molecule has 3 aliphatic rings. The van der Waals surface area contributed by atoms with E-state index in [1.807, 2.05) is 40.7 Å². The number of carbonyl (C=O) groups is 3. The molecular weight excluding hydrogens is 512 g/mol. The highest BCUT2D eigenvalue weighted by Gasteiger charge is 2.68. The smallest absolute Gasteiger partial charge is 0.316 e. The normalized spacial score (nSPS) is 39.4. The Kier molecular flexibility index (Phi) is 9.46. The van der Waals surface area contributed by atoms with Gasteiger partial charge in [0.2, 0.25) is 5.91 Å². The highest BCUT2D eigenvalue weighted by molar-refractivity contribution is 8.01. The summed E-state index contributed by atoms with van der Waals surface area (Å²) in [6, 6.07) is -0.573. The number of hydrogen-bond donors (Lipinski definition) is 3. The Balaban J connectivity index is 1.82. The van der Waals surface area contributed by atoms with E-state index in [1.165, 1.54) is 11.8 Å². The van der Waals surface area contributed by atoms with Crippen LogP contribution in [0.15, 0.2) is 12.7 Å². The highest BCUT2D eigenvalue weighted by Crippen LogP contribution is 2.68. The van der Waals surface area contributed by atoms with Crippen molar-refractivity contribution >= 4 is 29.4 Å². The lowest BCUT2D eigenvalue weighted by Crippen LogP contribution is -2.63. The molecule has 1 amide bonds. The summed E-state index contributed by atoms with van der Waals surface area (Å²) in [7, 11) is 0. The van der Waals surface area contributed by atoms with E-state index in [-0.39, 0.29) is 52.5 Å². The second kappa shape index (κ2) is 11.5. The summed E-state index contributed by atoms with van der Waals surface area (Å²) in [6.45, 7) is 20.7. The molecular formula is C31H52N2O5S. The molecule has 0 aromatic rings. The van der Waals surface area contributed by atoms with E-state index in [4.69, 9.17) is 10.5 Å². The van der Waals surface area contributed by atoms with E-state index in [1.54, 1.807) is 0 Å². The third kappa shape index (κ3) is 5.85. The van der Waals surface area contributed by atoms with Crippen LogP contribution in [-0.4, -0.2) is 58.1 Å². The van der Waals surface area contributed by atoms with E-state index >= 15 is 0 Å². The summed E-state index contributed by atoms with van der Waals surface area (Å²) in [5.74, 6) is -0.243. The van der Waals surface area contributed by atoms with Crippen LogP contribution in [0.5, 0.6) is 0 Å². The number of thioether (sulfide) groups is 1. The van der Waals surface area contributed by atoms with Crippen LogP contribution in [-0.2, 0) is 19.1 Å². The zero-order valence-corrected chi connectivity index (χ0v) is 26.2. The summed E-state index contributed by atoms with van der Waals surface area (Å²) in [4.78, 5) is 39.2. The number of ketones is 1. The number of amides is 1. The lowest BCUT2D eigenvalue weighted by molar-refractivity contribution is -0.205. The number of rotatable bonds is 9. The third-order valence-corrected chi connectivity index (χ3v) is 12.2. The molecule has 222 valence electrons. The van der Waals surface area contributed by atoms with Gasteiger partial charge in [0, 0.05) is 34.5 Å². The molecule has 0 aromatic heterocycles. The molecule has 0 heterocycles. The van der Waals surface area contributed by atoms with Gasteiger partial charge in [-0.15, -0.1) is 18.3 Å². The van der Waals surface area contributed by atoms with Crippen molar-refractivity contribution in [2.45, 2.75) is 110 Å². The van der Waals surface area contributed by atoms with Crippen molar-refractivity contribution in [3.8, 4) is 0 Å². The molecule has 0 aliphatic heterocycles. The summed E-state index contributed by atoms with van der Waals surface area (Å²) in [5.41, 5.74) is 4.49. The first-order chi connectivity index (χ1) is 17.9. The van der Waals surface area contributed by atoms with Crippen LogP contribution in [0.4, 0.5) is 0 Å². The van der Waals surface area contributed by atoms with Crippen molar-refractivity contribution in [3.05, 3.63) is 12.7 Å². The van der Waals surface area contributed by atoms with Crippen molar-refractivity contribution in [2.75, 3.05) is 12.3 Å². The van der Waals surface area contributed by atoms with Gasteiger partial charge in [-0.25, -0.2) is 0 Å². The maximum absolute atomic E-state index is 13.5. The molecule has 0 spiro atoms. The molecule has 3 saturated carbocycles. The van der Waals surface area contributed by atoms with E-state index in [0.717, 1.165) is 19.3 Å². The van der Waals surface area contributed by atoms with Crippen LogP contribution < -0.4 is 11.1 Å². The van der Waals surface area contributed by atoms with E-state index in [9.17, 15) is 19.5 Å². The van der Waals surface area contributed by atoms with Crippen LogP contribution >= 0.6 is 11.8 Å². The van der Waals surface area contributed by atoms with Crippen molar-refractivity contribution in [3.63, 3.8) is 0 Å². The number of carbonyl (C=O) groups excluding carboxylic acids is 3. The van der Waals surface area contributed by atoms with Gasteiger partial charge >= 0.3 is 5.97 Å². The van der Waals surface area contributed by atoms with Crippen molar-refractivity contribution < 1.29 is 24.2 Å². The van der Waals surface area contributed by atoms with Crippen LogP contribution in [0.25, 0.3) is 0 Å². The molecule has 3 aliphatic carbocycles. The zero-order valence-electron chi connectivity index (χ0n) is 25.3. The predicted molar refractivity (Wildman–Crippen MR) is 157 cm³/mol. The molecule has 0 unspecified atom stereocenters. The molecule has 0 aromatic carbocycles. The van der Waals surface area contributed by atoms with Gasteiger partial charge in [-0.3, -0.25) is 14.4 Å². The number of nitrogens with one attached hydrogen (secondary N) is 1. The summed E-state index contributed by atoms with van der Waals surface area (Å²) in [6.07, 6.45) is 4.17. The number of aliphatic hydroxyl groups excluding tert-OH is 1. The van der Waals surface area contributed by atoms with Crippen LogP contribution in [0.1, 0.15) is 87.5 Å². The van der Waals surface area contributed by atoms with E-state index in [0.29, 0.717) is 19.4 Å². The molecule has 0 saturated heterocycles. The van der Waals surface area contributed by atoms with Crippen molar-refractivity contribution in [2.24, 2.45) is 45.7 Å². The van der Waals surface area contributed by atoms with Gasteiger partial charge in [0.05, 0.1) is 17.9 Å². The largest absolute Gasteiger partial charge is 0.461 e. The third-order valence-electron chi connectivity index (χ3n) is 10.9. The van der Waals surface area contributed by atoms with Crippen LogP contribution in [0, 0.1) is 39.9 Å². The minimum absolute atomic E-state index is 0.0382. The second-order valence-electron chi connectivity index (χ2n) is 14.1. The van der Waals surface area contributed by atoms with E-state index in [2.05, 4.69) is 32.7 Å². The molecule has 3 fully saturated rings. The first kappa shape index (κ1) is 32.1. The maximum Gasteiger partial charge on any atom is 0.316 e. The van der Waals surface area contributed by atoms with Gasteiger partial charge in [-0.1, -0.05) is 47.6 Å². The fraction of sp³-hybridized carbons (Fsp3) is 0.839. The monoisotopic (exact) mass is 564 g/mol. The first-order valence-electron chi connectivity index (χ1n) is 14.7. The topological polar surface area (TPSA) is 119 Å². The molecule has 9 atom stereocenters. The SMILES string of the molecule is C=C[C@]1(C)C[C@@H](OC(=O)CSC(C)(C)CNC(=O)[C@H](N)C(C)C)[C@@]2(C)[C@H](C)CC[C@@]3(CCC(=O)[C@H]32)[C@@H](C)[C@H]1O. The van der Waals surface area contributed by atoms with Gasteiger partial charge in [0.15, 0.2) is 0 Å². The molecule has 4 N–H and O–H groups in total. The Hall–Kier alpha value is -1.38. The Morgan fingerprint density at radius 3 is 2.51 bits per heavy atom. The van der Waals surface area contributed by atoms with Crippen molar-refractivity contribution in [1.82, 2.24) is 5.32 Å². The number of Topliss-reactive ketones (excluding diaryl/α,β-unsaturated/α-hetero) is 1. The molecule has 7 nitrogen and oxygen atoms in total. The summed E-state index contributed by atoms with van der Waals surface area (Å²) < 4.78 is 5.92. The quantitative estimate of drug-likeness (QED) is 0.279. The minimum Gasteiger partial charge on any atom is -0.461 e. The second-order valence-corrected chi connectivity index (χ2v) is 15.8. The van der Waals surface area contributed by atoms with Gasteiger partial charge in [0.25, 0.3) is 0 Å². The van der Waals surface area contributed by atoms with Gasteiger partial charge < -0.3 is 20.9 Å². The minimum atomic E-state index is -0.684. The van der Waals surface area contributed by atoms with Gasteiger partial charge in [-0.05, 0) is 62.7 Å². The molecule has 39 heavy (non-hydrogen) atoms. The number of aliphatic hydroxyl groups is 1. The molecule has 0 radical (unpaired) electrons. The molecule has 3 rings (SSSR count).